The Morgan fingerprint density at radius 1 is 0.966 bits per heavy atom. The highest BCUT2D eigenvalue weighted by atomic mass is 79.9. The van der Waals surface area contributed by atoms with Gasteiger partial charge in [-0.1, -0.05) is 57.3 Å². The third-order valence-electron chi connectivity index (χ3n) is 3.67. The highest BCUT2D eigenvalue weighted by Crippen LogP contribution is 2.32. The number of hydrogen-bond donors (Lipinski definition) is 1. The third-order valence-corrected chi connectivity index (χ3v) is 4.73. The lowest BCUT2D eigenvalue weighted by Crippen LogP contribution is -2.21. The van der Waals surface area contributed by atoms with Gasteiger partial charge in [0.15, 0.2) is 12.4 Å². The number of nitrogens with one attached hydrogen (secondary N) is 1. The molecule has 5 nitrogen and oxygen atoms in total. The van der Waals surface area contributed by atoms with Crippen molar-refractivity contribution in [3.63, 3.8) is 0 Å². The van der Waals surface area contributed by atoms with Crippen LogP contribution in [0.2, 0.25) is 10.0 Å². The third kappa shape index (κ3) is 5.97. The summed E-state index contributed by atoms with van der Waals surface area (Å²) in [4.78, 5) is 24.5. The van der Waals surface area contributed by atoms with E-state index < -0.39 is 18.5 Å². The normalized spacial score (nSPS) is 10.3. The van der Waals surface area contributed by atoms with Crippen molar-refractivity contribution in [3.8, 4) is 11.5 Å². The molecular weight excluding hydrogens is 481 g/mol. The summed E-state index contributed by atoms with van der Waals surface area (Å²) < 4.78 is 11.5. The van der Waals surface area contributed by atoms with Crippen LogP contribution >= 0.6 is 39.1 Å². The van der Waals surface area contributed by atoms with Crippen molar-refractivity contribution in [1.82, 2.24) is 0 Å². The zero-order valence-electron chi connectivity index (χ0n) is 14.8. The maximum atomic E-state index is 12.3. The Bertz CT molecular complexity index is 1040. The van der Waals surface area contributed by atoms with E-state index in [-0.39, 0.29) is 10.6 Å². The van der Waals surface area contributed by atoms with Crippen LogP contribution in [-0.4, -0.2) is 18.5 Å². The molecule has 0 spiro atoms. The second-order valence-corrected chi connectivity index (χ2v) is 7.56. The summed E-state index contributed by atoms with van der Waals surface area (Å²) >= 11 is 15.3. The number of rotatable bonds is 6. The highest BCUT2D eigenvalue weighted by molar-refractivity contribution is 9.10. The predicted molar refractivity (Wildman–Crippen MR) is 116 cm³/mol. The monoisotopic (exact) mass is 493 g/mol. The van der Waals surface area contributed by atoms with Crippen molar-refractivity contribution in [2.45, 2.75) is 0 Å². The fraction of sp³-hybridized carbons (Fsp3) is 0.0476. The average Bonchev–Trinajstić information content (AvgIpc) is 2.71. The summed E-state index contributed by atoms with van der Waals surface area (Å²) in [5.41, 5.74) is 0.507. The number of anilines is 1. The highest BCUT2D eigenvalue weighted by Gasteiger charge is 2.16. The molecular formula is C21H14BrCl2NO4. The van der Waals surface area contributed by atoms with Gasteiger partial charge in [0.1, 0.15) is 5.75 Å². The summed E-state index contributed by atoms with van der Waals surface area (Å²) in [7, 11) is 0. The molecule has 3 aromatic carbocycles. The molecule has 0 fully saturated rings. The first-order valence-corrected chi connectivity index (χ1v) is 9.92. The van der Waals surface area contributed by atoms with E-state index in [2.05, 4.69) is 21.2 Å². The van der Waals surface area contributed by atoms with E-state index in [1.165, 1.54) is 6.07 Å². The maximum absolute atomic E-state index is 12.3. The Hall–Kier alpha value is -2.54. The van der Waals surface area contributed by atoms with Gasteiger partial charge in [-0.15, -0.1) is 0 Å². The second-order valence-electron chi connectivity index (χ2n) is 5.80. The molecule has 29 heavy (non-hydrogen) atoms. The Morgan fingerprint density at radius 2 is 1.72 bits per heavy atom. The summed E-state index contributed by atoms with van der Waals surface area (Å²) in [5.74, 6) is -0.265. The number of halogens is 3. The van der Waals surface area contributed by atoms with E-state index in [1.807, 2.05) is 18.2 Å². The summed E-state index contributed by atoms with van der Waals surface area (Å²) in [6.45, 7) is -0.501. The van der Waals surface area contributed by atoms with Gasteiger partial charge < -0.3 is 14.8 Å². The number of carbonyl (C=O) groups excluding carboxylic acids is 2. The molecule has 148 valence electrons. The molecule has 8 heteroatoms. The molecule has 0 atom stereocenters. The molecule has 0 saturated heterocycles. The Kier molecular flexibility index (Phi) is 7.14. The van der Waals surface area contributed by atoms with Crippen LogP contribution in [-0.2, 0) is 9.53 Å². The van der Waals surface area contributed by atoms with Gasteiger partial charge in [-0.2, -0.15) is 0 Å². The van der Waals surface area contributed by atoms with Crippen molar-refractivity contribution in [2.24, 2.45) is 0 Å². The van der Waals surface area contributed by atoms with Crippen molar-refractivity contribution < 1.29 is 19.1 Å². The predicted octanol–water partition coefficient (Wildman–Crippen LogP) is 6.34. The molecule has 0 aliphatic rings. The minimum atomic E-state index is -0.710. The van der Waals surface area contributed by atoms with Crippen LogP contribution < -0.4 is 10.1 Å². The summed E-state index contributed by atoms with van der Waals surface area (Å²) in [6.07, 6.45) is 0. The van der Waals surface area contributed by atoms with Crippen LogP contribution in [0.25, 0.3) is 0 Å². The van der Waals surface area contributed by atoms with E-state index in [9.17, 15) is 9.59 Å². The van der Waals surface area contributed by atoms with Crippen molar-refractivity contribution in [2.75, 3.05) is 11.9 Å². The lowest BCUT2D eigenvalue weighted by Gasteiger charge is -2.13. The second kappa shape index (κ2) is 9.78. The van der Waals surface area contributed by atoms with Gasteiger partial charge in [0.2, 0.25) is 0 Å². The molecule has 0 radical (unpaired) electrons. The number of carbonyl (C=O) groups is 2. The molecule has 0 bridgehead atoms. The van der Waals surface area contributed by atoms with Gasteiger partial charge in [0, 0.05) is 9.50 Å². The molecule has 0 unspecified atom stereocenters. The zero-order valence-corrected chi connectivity index (χ0v) is 17.9. The van der Waals surface area contributed by atoms with E-state index in [0.717, 1.165) is 0 Å². The van der Waals surface area contributed by atoms with Crippen LogP contribution in [0.15, 0.2) is 71.2 Å². The van der Waals surface area contributed by atoms with Crippen LogP contribution in [0.3, 0.4) is 0 Å². The molecule has 0 aromatic heterocycles. The van der Waals surface area contributed by atoms with E-state index >= 15 is 0 Å². The van der Waals surface area contributed by atoms with Crippen molar-refractivity contribution in [1.29, 1.82) is 0 Å². The van der Waals surface area contributed by atoms with Gasteiger partial charge in [-0.25, -0.2) is 4.79 Å². The quantitative estimate of drug-likeness (QED) is 0.406. The Labute approximate surface area is 185 Å². The van der Waals surface area contributed by atoms with Gasteiger partial charge in [0.05, 0.1) is 16.3 Å². The topological polar surface area (TPSA) is 64.6 Å². The van der Waals surface area contributed by atoms with Crippen LogP contribution in [0.1, 0.15) is 10.4 Å². The van der Waals surface area contributed by atoms with Crippen LogP contribution in [0.5, 0.6) is 11.5 Å². The lowest BCUT2D eigenvalue weighted by atomic mass is 10.2. The van der Waals surface area contributed by atoms with Gasteiger partial charge in [-0.05, 0) is 48.5 Å². The van der Waals surface area contributed by atoms with Gasteiger partial charge in [-0.3, -0.25) is 4.79 Å². The molecule has 0 heterocycles. The number of ether oxygens (including phenoxy) is 2. The van der Waals surface area contributed by atoms with E-state index in [1.54, 1.807) is 42.5 Å². The van der Waals surface area contributed by atoms with Gasteiger partial charge in [0.25, 0.3) is 5.91 Å². The minimum absolute atomic E-state index is 0.157. The average molecular weight is 495 g/mol. The molecule has 3 aromatic rings. The lowest BCUT2D eigenvalue weighted by molar-refractivity contribution is -0.119. The number of benzene rings is 3. The van der Waals surface area contributed by atoms with Gasteiger partial charge >= 0.3 is 5.97 Å². The number of amides is 1. The summed E-state index contributed by atoms with van der Waals surface area (Å²) in [5, 5.41) is 3.28. The largest absolute Gasteiger partial charge is 0.455 e. The smallest absolute Gasteiger partial charge is 0.340 e. The Morgan fingerprint density at radius 3 is 2.48 bits per heavy atom. The standard InChI is InChI=1S/C21H14BrCl2NO4/c22-13-6-8-17(24)16(10-13)21(27)28-12-20(26)25-18-11-14(23)7-9-19(18)29-15-4-2-1-3-5-15/h1-11H,12H2,(H,25,26). The fourth-order valence-corrected chi connectivity index (χ4v) is 3.08. The Balaban J connectivity index is 1.66. The number of para-hydroxylation sites is 1. The minimum Gasteiger partial charge on any atom is -0.455 e. The summed E-state index contributed by atoms with van der Waals surface area (Å²) in [6, 6.07) is 18.7. The molecule has 0 saturated carbocycles. The van der Waals surface area contributed by atoms with E-state index in [4.69, 9.17) is 32.7 Å². The van der Waals surface area contributed by atoms with Crippen molar-refractivity contribution in [3.05, 3.63) is 86.8 Å². The first-order chi connectivity index (χ1) is 13.9. The van der Waals surface area contributed by atoms with E-state index in [0.29, 0.717) is 26.7 Å². The number of hydrogen-bond acceptors (Lipinski definition) is 4. The zero-order chi connectivity index (χ0) is 20.8. The van der Waals surface area contributed by atoms with Crippen LogP contribution in [0.4, 0.5) is 5.69 Å². The molecule has 3 rings (SSSR count). The molecule has 0 aliphatic heterocycles. The molecule has 1 amide bonds. The SMILES string of the molecule is O=C(COC(=O)c1cc(Br)ccc1Cl)Nc1cc(Cl)ccc1Oc1ccccc1. The fourth-order valence-electron chi connectivity index (χ4n) is 2.35. The first kappa shape index (κ1) is 21.2. The number of esters is 1. The maximum Gasteiger partial charge on any atom is 0.340 e. The van der Waals surface area contributed by atoms with Crippen molar-refractivity contribution >= 4 is 56.7 Å². The first-order valence-electron chi connectivity index (χ1n) is 8.37. The molecule has 0 aliphatic carbocycles. The van der Waals surface area contributed by atoms with Crippen LogP contribution in [0, 0.1) is 0 Å². The molecule has 1 N–H and O–H groups in total.